The maximum atomic E-state index is 11.7. The SMILES string of the molecule is COc1cc(C#Cc2nn(COCC[Si](C)(C)C)cc2C(N)=O)cc(OC)c1. The first-order valence-corrected chi connectivity index (χ1v) is 12.6. The first-order valence-electron chi connectivity index (χ1n) is 8.92. The normalized spacial score (nSPS) is 10.9. The van der Waals surface area contributed by atoms with Crippen molar-refractivity contribution in [2.24, 2.45) is 5.73 Å². The summed E-state index contributed by atoms with van der Waals surface area (Å²) in [5, 5.41) is 4.33. The second-order valence-electron chi connectivity index (χ2n) is 7.49. The van der Waals surface area contributed by atoms with Crippen molar-refractivity contribution in [1.82, 2.24) is 9.78 Å². The Bertz CT molecular complexity index is 869. The molecule has 0 aliphatic heterocycles. The van der Waals surface area contributed by atoms with Crippen LogP contribution in [0.4, 0.5) is 0 Å². The lowest BCUT2D eigenvalue weighted by molar-refractivity contribution is 0.0784. The van der Waals surface area contributed by atoms with Gasteiger partial charge in [-0.2, -0.15) is 5.10 Å². The minimum absolute atomic E-state index is 0.249. The summed E-state index contributed by atoms with van der Waals surface area (Å²) < 4.78 is 17.7. The highest BCUT2D eigenvalue weighted by atomic mass is 28.3. The van der Waals surface area contributed by atoms with Gasteiger partial charge in [-0.15, -0.1) is 0 Å². The largest absolute Gasteiger partial charge is 0.497 e. The molecular formula is C20H27N3O4Si. The van der Waals surface area contributed by atoms with Crippen LogP contribution in [0.3, 0.4) is 0 Å². The minimum Gasteiger partial charge on any atom is -0.497 e. The number of amides is 1. The van der Waals surface area contributed by atoms with Gasteiger partial charge < -0.3 is 19.9 Å². The second-order valence-corrected chi connectivity index (χ2v) is 13.1. The van der Waals surface area contributed by atoms with Crippen LogP contribution >= 0.6 is 0 Å². The number of nitrogens with two attached hydrogens (primary N) is 1. The average Bonchev–Trinajstić information content (AvgIpc) is 3.06. The fourth-order valence-electron chi connectivity index (χ4n) is 2.31. The fraction of sp³-hybridized carbons (Fsp3) is 0.400. The highest BCUT2D eigenvalue weighted by Gasteiger charge is 2.14. The Morgan fingerprint density at radius 3 is 2.32 bits per heavy atom. The molecule has 0 bridgehead atoms. The van der Waals surface area contributed by atoms with E-state index < -0.39 is 14.0 Å². The molecule has 0 radical (unpaired) electrons. The van der Waals surface area contributed by atoms with Gasteiger partial charge in [0.15, 0.2) is 0 Å². The first kappa shape index (κ1) is 21.5. The molecule has 7 nitrogen and oxygen atoms in total. The molecule has 1 amide bonds. The van der Waals surface area contributed by atoms with Crippen molar-refractivity contribution in [3.8, 4) is 23.3 Å². The van der Waals surface area contributed by atoms with E-state index in [0.29, 0.717) is 29.4 Å². The predicted molar refractivity (Wildman–Crippen MR) is 110 cm³/mol. The Labute approximate surface area is 166 Å². The number of primary amides is 1. The van der Waals surface area contributed by atoms with Crippen LogP contribution in [0, 0.1) is 11.8 Å². The molecule has 1 aromatic carbocycles. The van der Waals surface area contributed by atoms with Gasteiger partial charge in [0.25, 0.3) is 5.91 Å². The molecule has 28 heavy (non-hydrogen) atoms. The van der Waals surface area contributed by atoms with Gasteiger partial charge in [-0.05, 0) is 24.1 Å². The van der Waals surface area contributed by atoms with Gasteiger partial charge in [0, 0.05) is 32.5 Å². The van der Waals surface area contributed by atoms with Crippen LogP contribution in [0.15, 0.2) is 24.4 Å². The Hall–Kier alpha value is -2.76. The van der Waals surface area contributed by atoms with Crippen molar-refractivity contribution in [2.75, 3.05) is 20.8 Å². The van der Waals surface area contributed by atoms with Gasteiger partial charge in [0.1, 0.15) is 23.9 Å². The van der Waals surface area contributed by atoms with Gasteiger partial charge in [0.05, 0.1) is 19.8 Å². The zero-order chi connectivity index (χ0) is 20.7. The number of aromatic nitrogens is 2. The van der Waals surface area contributed by atoms with Crippen LogP contribution in [0.5, 0.6) is 11.5 Å². The van der Waals surface area contributed by atoms with Crippen LogP contribution in [-0.2, 0) is 11.5 Å². The number of hydrogen-bond donors (Lipinski definition) is 1. The van der Waals surface area contributed by atoms with E-state index in [-0.39, 0.29) is 12.3 Å². The number of rotatable bonds is 8. The summed E-state index contributed by atoms with van der Waals surface area (Å²) in [6, 6.07) is 6.36. The summed E-state index contributed by atoms with van der Waals surface area (Å²) in [5.41, 5.74) is 6.71. The van der Waals surface area contributed by atoms with Crippen molar-refractivity contribution >= 4 is 14.0 Å². The Morgan fingerprint density at radius 1 is 1.14 bits per heavy atom. The summed E-state index contributed by atoms with van der Waals surface area (Å²) in [4.78, 5) is 11.7. The van der Waals surface area contributed by atoms with Crippen molar-refractivity contribution in [1.29, 1.82) is 0 Å². The average molecular weight is 402 g/mol. The van der Waals surface area contributed by atoms with Crippen molar-refractivity contribution in [2.45, 2.75) is 32.4 Å². The van der Waals surface area contributed by atoms with Crippen LogP contribution in [0.2, 0.25) is 25.7 Å². The summed E-state index contributed by atoms with van der Waals surface area (Å²) in [7, 11) is 1.98. The van der Waals surface area contributed by atoms with Crippen LogP contribution in [0.25, 0.3) is 0 Å². The molecule has 0 spiro atoms. The smallest absolute Gasteiger partial charge is 0.253 e. The summed E-state index contributed by atoms with van der Waals surface area (Å²) >= 11 is 0. The molecule has 0 atom stereocenters. The molecule has 2 rings (SSSR count). The molecule has 2 N–H and O–H groups in total. The zero-order valence-electron chi connectivity index (χ0n) is 17.0. The Kier molecular flexibility index (Phi) is 7.26. The second kappa shape index (κ2) is 9.44. The highest BCUT2D eigenvalue weighted by molar-refractivity contribution is 6.76. The molecule has 0 saturated heterocycles. The molecule has 0 unspecified atom stereocenters. The van der Waals surface area contributed by atoms with Gasteiger partial charge in [0.2, 0.25) is 0 Å². The number of carbonyl (C=O) groups is 1. The number of benzene rings is 1. The number of hydrogen-bond acceptors (Lipinski definition) is 5. The number of carbonyl (C=O) groups excluding carboxylic acids is 1. The van der Waals surface area contributed by atoms with E-state index in [9.17, 15) is 4.79 Å². The lowest BCUT2D eigenvalue weighted by Gasteiger charge is -2.15. The molecule has 0 aliphatic carbocycles. The summed E-state index contributed by atoms with van der Waals surface area (Å²) in [6.07, 6.45) is 1.56. The fourth-order valence-corrected chi connectivity index (χ4v) is 3.06. The number of methoxy groups -OCH3 is 2. The molecule has 1 heterocycles. The minimum atomic E-state index is -1.16. The zero-order valence-corrected chi connectivity index (χ0v) is 18.0. The van der Waals surface area contributed by atoms with Crippen molar-refractivity contribution < 1.29 is 19.0 Å². The number of ether oxygens (including phenoxy) is 3. The van der Waals surface area contributed by atoms with E-state index in [4.69, 9.17) is 19.9 Å². The third-order valence-corrected chi connectivity index (χ3v) is 5.63. The topological polar surface area (TPSA) is 88.6 Å². The van der Waals surface area contributed by atoms with Gasteiger partial charge in [-0.25, -0.2) is 4.68 Å². The number of nitrogens with zero attached hydrogens (tertiary/aromatic N) is 2. The summed E-state index contributed by atoms with van der Waals surface area (Å²) in [5.74, 6) is 6.55. The maximum Gasteiger partial charge on any atom is 0.253 e. The van der Waals surface area contributed by atoms with Crippen molar-refractivity contribution in [3.05, 3.63) is 41.2 Å². The molecule has 0 aliphatic rings. The predicted octanol–water partition coefficient (Wildman–Crippen LogP) is 2.71. The highest BCUT2D eigenvalue weighted by Crippen LogP contribution is 2.22. The molecule has 2 aromatic rings. The van der Waals surface area contributed by atoms with Crippen LogP contribution < -0.4 is 15.2 Å². The maximum absolute atomic E-state index is 11.7. The van der Waals surface area contributed by atoms with E-state index in [0.717, 1.165) is 6.04 Å². The molecule has 0 saturated carbocycles. The first-order chi connectivity index (χ1) is 13.2. The molecule has 1 aromatic heterocycles. The van der Waals surface area contributed by atoms with E-state index in [1.807, 2.05) is 0 Å². The lowest BCUT2D eigenvalue weighted by atomic mass is 10.2. The quantitative estimate of drug-likeness (QED) is 0.417. The lowest BCUT2D eigenvalue weighted by Crippen LogP contribution is -2.22. The Morgan fingerprint density at radius 2 is 1.79 bits per heavy atom. The summed E-state index contributed by atoms with van der Waals surface area (Å²) in [6.45, 7) is 7.77. The van der Waals surface area contributed by atoms with E-state index in [1.54, 1.807) is 43.3 Å². The third kappa shape index (κ3) is 6.44. The van der Waals surface area contributed by atoms with Gasteiger partial charge in [-0.3, -0.25) is 4.79 Å². The molecule has 0 fully saturated rings. The molecule has 8 heteroatoms. The third-order valence-electron chi connectivity index (χ3n) is 3.92. The standard InChI is InChI=1S/C20H27N3O4Si/c1-25-16-10-15(11-17(12-16)26-2)6-7-19-18(20(21)24)13-23(22-19)14-27-8-9-28(3,4)5/h10-13H,8-9,14H2,1-5H3,(H2,21,24). The van der Waals surface area contributed by atoms with Gasteiger partial charge >= 0.3 is 0 Å². The van der Waals surface area contributed by atoms with Crippen LogP contribution in [-0.4, -0.2) is 44.6 Å². The molecular weight excluding hydrogens is 374 g/mol. The van der Waals surface area contributed by atoms with Gasteiger partial charge in [-0.1, -0.05) is 25.6 Å². The van der Waals surface area contributed by atoms with E-state index in [1.165, 1.54) is 0 Å². The monoisotopic (exact) mass is 401 g/mol. The van der Waals surface area contributed by atoms with Crippen LogP contribution in [0.1, 0.15) is 21.6 Å². The van der Waals surface area contributed by atoms with Crippen molar-refractivity contribution in [3.63, 3.8) is 0 Å². The van der Waals surface area contributed by atoms with E-state index in [2.05, 4.69) is 36.6 Å². The Balaban J connectivity index is 2.19. The van der Waals surface area contributed by atoms with E-state index >= 15 is 0 Å². The molecule has 150 valence electrons.